The Balaban J connectivity index is 2.50. The topological polar surface area (TPSA) is 32.6 Å². The monoisotopic (exact) mass is 209 g/mol. The Bertz CT molecular complexity index is 374. The molecular formula is C11H12ClNO. The van der Waals surface area contributed by atoms with Crippen molar-refractivity contribution in [1.29, 1.82) is 0 Å². The van der Waals surface area contributed by atoms with Crippen molar-refractivity contribution < 1.29 is 5.21 Å². The van der Waals surface area contributed by atoms with Gasteiger partial charge in [0, 0.05) is 10.6 Å². The molecule has 1 aromatic rings. The molecule has 0 radical (unpaired) electrons. The Morgan fingerprint density at radius 1 is 1.21 bits per heavy atom. The molecule has 0 aliphatic heterocycles. The number of benzene rings is 1. The zero-order valence-corrected chi connectivity index (χ0v) is 8.59. The molecule has 2 nitrogen and oxygen atoms in total. The van der Waals surface area contributed by atoms with Crippen LogP contribution in [-0.2, 0) is 6.42 Å². The van der Waals surface area contributed by atoms with Crippen molar-refractivity contribution in [3.05, 3.63) is 34.3 Å². The first kappa shape index (κ1) is 9.53. The zero-order valence-electron chi connectivity index (χ0n) is 7.83. The van der Waals surface area contributed by atoms with Gasteiger partial charge in [-0.3, -0.25) is 0 Å². The fourth-order valence-electron chi connectivity index (χ4n) is 1.90. The lowest BCUT2D eigenvalue weighted by Crippen LogP contribution is -2.01. The van der Waals surface area contributed by atoms with Crippen LogP contribution in [0, 0.1) is 0 Å². The number of oxime groups is 1. The average Bonchev–Trinajstić information content (AvgIpc) is 2.38. The maximum atomic E-state index is 8.89. The van der Waals surface area contributed by atoms with Gasteiger partial charge < -0.3 is 5.21 Å². The SMILES string of the molecule is ON=C1CCCCc2cc(Cl)ccc21. The Morgan fingerprint density at radius 2 is 2.00 bits per heavy atom. The molecule has 0 saturated heterocycles. The highest BCUT2D eigenvalue weighted by atomic mass is 35.5. The van der Waals surface area contributed by atoms with E-state index >= 15 is 0 Å². The van der Waals surface area contributed by atoms with Crippen LogP contribution in [0.5, 0.6) is 0 Å². The third kappa shape index (κ3) is 1.75. The van der Waals surface area contributed by atoms with Gasteiger partial charge in [-0.2, -0.15) is 0 Å². The van der Waals surface area contributed by atoms with Gasteiger partial charge in [0.15, 0.2) is 0 Å². The Hall–Kier alpha value is -1.02. The molecule has 1 aromatic carbocycles. The van der Waals surface area contributed by atoms with E-state index in [1.807, 2.05) is 18.2 Å². The highest BCUT2D eigenvalue weighted by molar-refractivity contribution is 6.30. The van der Waals surface area contributed by atoms with Crippen molar-refractivity contribution in [3.63, 3.8) is 0 Å². The minimum absolute atomic E-state index is 0.753. The van der Waals surface area contributed by atoms with Gasteiger partial charge >= 0.3 is 0 Å². The van der Waals surface area contributed by atoms with Crippen LogP contribution in [-0.4, -0.2) is 10.9 Å². The van der Waals surface area contributed by atoms with Crippen molar-refractivity contribution in [2.75, 3.05) is 0 Å². The normalized spacial score (nSPS) is 19.1. The molecule has 0 fully saturated rings. The fraction of sp³-hybridized carbons (Fsp3) is 0.364. The summed E-state index contributed by atoms with van der Waals surface area (Å²) in [5.41, 5.74) is 3.03. The summed E-state index contributed by atoms with van der Waals surface area (Å²) >= 11 is 5.92. The summed E-state index contributed by atoms with van der Waals surface area (Å²) in [5, 5.41) is 13.0. The summed E-state index contributed by atoms with van der Waals surface area (Å²) < 4.78 is 0. The van der Waals surface area contributed by atoms with Crippen LogP contribution in [0.2, 0.25) is 5.02 Å². The summed E-state index contributed by atoms with van der Waals surface area (Å²) in [4.78, 5) is 0. The molecule has 0 amide bonds. The van der Waals surface area contributed by atoms with Crippen LogP contribution in [0.25, 0.3) is 0 Å². The molecule has 74 valence electrons. The molecule has 0 unspecified atom stereocenters. The minimum atomic E-state index is 0.753. The lowest BCUT2D eigenvalue weighted by molar-refractivity contribution is 0.318. The summed E-state index contributed by atoms with van der Waals surface area (Å²) in [6.07, 6.45) is 4.08. The fourth-order valence-corrected chi connectivity index (χ4v) is 2.09. The second-order valence-corrected chi connectivity index (χ2v) is 3.99. The average molecular weight is 210 g/mol. The van der Waals surface area contributed by atoms with Crippen molar-refractivity contribution in [3.8, 4) is 0 Å². The summed E-state index contributed by atoms with van der Waals surface area (Å²) in [7, 11) is 0. The first-order chi connectivity index (χ1) is 6.81. The number of nitrogens with zero attached hydrogens (tertiary/aromatic N) is 1. The molecule has 14 heavy (non-hydrogen) atoms. The molecule has 0 bridgehead atoms. The van der Waals surface area contributed by atoms with Crippen LogP contribution >= 0.6 is 11.6 Å². The third-order valence-corrected chi connectivity index (χ3v) is 2.84. The molecule has 0 heterocycles. The zero-order chi connectivity index (χ0) is 9.97. The Labute approximate surface area is 88.2 Å². The van der Waals surface area contributed by atoms with Crippen molar-refractivity contribution >= 4 is 17.3 Å². The van der Waals surface area contributed by atoms with E-state index in [1.54, 1.807) is 0 Å². The van der Waals surface area contributed by atoms with Gasteiger partial charge in [0.1, 0.15) is 0 Å². The first-order valence-corrected chi connectivity index (χ1v) is 5.19. The van der Waals surface area contributed by atoms with Gasteiger partial charge in [0.25, 0.3) is 0 Å². The van der Waals surface area contributed by atoms with E-state index in [-0.39, 0.29) is 0 Å². The van der Waals surface area contributed by atoms with Gasteiger partial charge in [-0.25, -0.2) is 0 Å². The van der Waals surface area contributed by atoms with E-state index in [4.69, 9.17) is 16.8 Å². The van der Waals surface area contributed by atoms with E-state index in [0.29, 0.717) is 0 Å². The third-order valence-electron chi connectivity index (χ3n) is 2.61. The molecular weight excluding hydrogens is 198 g/mol. The van der Waals surface area contributed by atoms with Crippen LogP contribution in [0.15, 0.2) is 23.4 Å². The predicted octanol–water partition coefficient (Wildman–Crippen LogP) is 3.24. The summed E-state index contributed by atoms with van der Waals surface area (Å²) in [6, 6.07) is 5.75. The molecule has 0 spiro atoms. The summed E-state index contributed by atoms with van der Waals surface area (Å²) in [6.45, 7) is 0. The minimum Gasteiger partial charge on any atom is -0.411 e. The summed E-state index contributed by atoms with van der Waals surface area (Å²) in [5.74, 6) is 0. The second-order valence-electron chi connectivity index (χ2n) is 3.56. The highest BCUT2D eigenvalue weighted by Crippen LogP contribution is 2.24. The van der Waals surface area contributed by atoms with Gasteiger partial charge in [0.05, 0.1) is 5.71 Å². The van der Waals surface area contributed by atoms with Crippen LogP contribution in [0.1, 0.15) is 30.4 Å². The first-order valence-electron chi connectivity index (χ1n) is 4.81. The standard InChI is InChI=1S/C11H12ClNO/c12-9-5-6-10-8(7-9)3-1-2-4-11(10)13-14/h5-7,14H,1-4H2. The number of halogens is 1. The molecule has 1 N–H and O–H groups in total. The van der Waals surface area contributed by atoms with Crippen molar-refractivity contribution in [1.82, 2.24) is 0 Å². The van der Waals surface area contributed by atoms with Gasteiger partial charge in [0.2, 0.25) is 0 Å². The lowest BCUT2D eigenvalue weighted by atomic mass is 10.0. The van der Waals surface area contributed by atoms with Crippen molar-refractivity contribution in [2.24, 2.45) is 5.16 Å². The van der Waals surface area contributed by atoms with E-state index < -0.39 is 0 Å². The predicted molar refractivity (Wildman–Crippen MR) is 57.3 cm³/mol. The van der Waals surface area contributed by atoms with E-state index in [9.17, 15) is 0 Å². The molecule has 2 rings (SSSR count). The number of hydrogen-bond acceptors (Lipinski definition) is 2. The van der Waals surface area contributed by atoms with E-state index in [1.165, 1.54) is 5.56 Å². The maximum Gasteiger partial charge on any atom is 0.0870 e. The van der Waals surface area contributed by atoms with Crippen molar-refractivity contribution in [2.45, 2.75) is 25.7 Å². The smallest absolute Gasteiger partial charge is 0.0870 e. The molecule has 0 atom stereocenters. The van der Waals surface area contributed by atoms with E-state index in [2.05, 4.69) is 5.16 Å². The Kier molecular flexibility index (Phi) is 2.73. The van der Waals surface area contributed by atoms with E-state index in [0.717, 1.165) is 42.0 Å². The molecule has 1 aliphatic carbocycles. The molecule has 3 heteroatoms. The number of fused-ring (bicyclic) bond motifs is 1. The largest absolute Gasteiger partial charge is 0.411 e. The number of hydrogen-bond donors (Lipinski definition) is 1. The van der Waals surface area contributed by atoms with Gasteiger partial charge in [-0.05, 0) is 43.4 Å². The molecule has 0 aromatic heterocycles. The van der Waals surface area contributed by atoms with Gasteiger partial charge in [-0.15, -0.1) is 0 Å². The number of aryl methyl sites for hydroxylation is 1. The quantitative estimate of drug-likeness (QED) is 0.397. The van der Waals surface area contributed by atoms with Gasteiger partial charge in [-0.1, -0.05) is 22.8 Å². The highest BCUT2D eigenvalue weighted by Gasteiger charge is 2.14. The molecule has 1 aliphatic rings. The van der Waals surface area contributed by atoms with Crippen LogP contribution < -0.4 is 0 Å². The lowest BCUT2D eigenvalue weighted by Gasteiger charge is -2.06. The Morgan fingerprint density at radius 3 is 2.79 bits per heavy atom. The molecule has 0 saturated carbocycles. The number of rotatable bonds is 0. The van der Waals surface area contributed by atoms with Crippen LogP contribution in [0.3, 0.4) is 0 Å². The maximum absolute atomic E-state index is 8.89. The second kappa shape index (κ2) is 4.01. The van der Waals surface area contributed by atoms with Crippen LogP contribution in [0.4, 0.5) is 0 Å².